The molecule has 0 aromatic carbocycles. The van der Waals surface area contributed by atoms with E-state index in [1.807, 2.05) is 13.8 Å². The highest BCUT2D eigenvalue weighted by molar-refractivity contribution is 7.46. The van der Waals surface area contributed by atoms with Gasteiger partial charge in [0, 0.05) is 31.6 Å². The Kier molecular flexibility index (Phi) is 7.44. The molecule has 0 spiro atoms. The van der Waals surface area contributed by atoms with Gasteiger partial charge in [-0.2, -0.15) is 0 Å². The molecule has 4 aliphatic rings. The topological polar surface area (TPSA) is 113 Å². The van der Waals surface area contributed by atoms with Crippen LogP contribution in [0.3, 0.4) is 0 Å². The molecule has 4 aliphatic carbocycles. The largest absolute Gasteiger partial charge is 0.472 e. The minimum absolute atomic E-state index is 0.0337. The summed E-state index contributed by atoms with van der Waals surface area (Å²) in [5.41, 5.74) is -1.41. The number of ether oxygens (including phenoxy) is 1. The summed E-state index contributed by atoms with van der Waals surface area (Å²) in [6.07, 6.45) is 0.167. The number of halogens is 4. The third-order valence-corrected chi connectivity index (χ3v) is 10.7. The normalized spacial score (nSPS) is 43.2. The van der Waals surface area contributed by atoms with E-state index in [2.05, 4.69) is 9.26 Å². The monoisotopic (exact) mass is 544 g/mol. The summed E-state index contributed by atoms with van der Waals surface area (Å²) in [7, 11) is -4.74. The van der Waals surface area contributed by atoms with Crippen LogP contribution in [0, 0.1) is 40.4 Å². The fourth-order valence-electron chi connectivity index (χ4n) is 8.37. The molecule has 0 aromatic heterocycles. The minimum Gasteiger partial charge on any atom is -0.438 e. The van der Waals surface area contributed by atoms with Gasteiger partial charge in [-0.1, -0.05) is 13.8 Å². The van der Waals surface area contributed by atoms with Crippen LogP contribution in [-0.2, 0) is 18.6 Å². The highest BCUT2D eigenvalue weighted by Gasteiger charge is 2.70. The van der Waals surface area contributed by atoms with Crippen LogP contribution in [0.15, 0.2) is 0 Å². The van der Waals surface area contributed by atoms with E-state index >= 15 is 8.78 Å². The first-order chi connectivity index (χ1) is 16.5. The molecule has 0 bridgehead atoms. The number of aliphatic hydroxyl groups excluding tert-OH is 1. The zero-order valence-corrected chi connectivity index (χ0v) is 21.6. The summed E-state index contributed by atoms with van der Waals surface area (Å²) in [4.78, 5) is 29.1. The van der Waals surface area contributed by atoms with Crippen LogP contribution in [0.4, 0.5) is 17.6 Å². The van der Waals surface area contributed by atoms with Gasteiger partial charge in [-0.15, -0.1) is 0 Å². The quantitative estimate of drug-likeness (QED) is 0.173. The summed E-state index contributed by atoms with van der Waals surface area (Å²) in [5.74, 6) is -9.46. The molecule has 208 valence electrons. The number of carbonyl (C=O) groups excluding carboxylic acids is 1. The van der Waals surface area contributed by atoms with E-state index in [9.17, 15) is 23.2 Å². The lowest BCUT2D eigenvalue weighted by molar-refractivity contribution is -0.265. The SMILES string of the molecule is CC12CCC(F)(F)CC1CC(F)(F)C1C2CC(O)C2(C)C(CCCC(=O)OCOP(=O)(O)O)CCC12. The first-order valence-corrected chi connectivity index (χ1v) is 14.3. The standard InChI is InChI=1S/C24H37F4O7P/c1-21-8-9-23(25,26)11-15(21)12-24(27,28)20-16-7-6-14(22(16,2)18(29)10-17(20)21)4-3-5-19(30)34-13-35-36(31,32)33/h14-18,20,29H,3-13H2,1-2H3,(H2,31,32,33). The van der Waals surface area contributed by atoms with Crippen molar-refractivity contribution in [1.29, 1.82) is 0 Å². The lowest BCUT2D eigenvalue weighted by Gasteiger charge is -2.64. The van der Waals surface area contributed by atoms with Crippen molar-refractivity contribution in [2.75, 3.05) is 6.79 Å². The zero-order valence-electron chi connectivity index (χ0n) is 20.7. The van der Waals surface area contributed by atoms with E-state index in [1.165, 1.54) is 0 Å². The Morgan fingerprint density at radius 1 is 1.06 bits per heavy atom. The number of esters is 1. The molecule has 7 nitrogen and oxygen atoms in total. The molecule has 4 fully saturated rings. The second-order valence-corrected chi connectivity index (χ2v) is 13.2. The first-order valence-electron chi connectivity index (χ1n) is 12.8. The summed E-state index contributed by atoms with van der Waals surface area (Å²) in [6.45, 7) is 2.88. The van der Waals surface area contributed by atoms with Crippen LogP contribution >= 0.6 is 7.82 Å². The van der Waals surface area contributed by atoms with Gasteiger partial charge in [0.25, 0.3) is 5.92 Å². The van der Waals surface area contributed by atoms with Crippen LogP contribution in [0.1, 0.15) is 78.1 Å². The predicted octanol–water partition coefficient (Wildman–Crippen LogP) is 5.28. The van der Waals surface area contributed by atoms with Crippen molar-refractivity contribution in [3.63, 3.8) is 0 Å². The third-order valence-electron chi connectivity index (χ3n) is 10.3. The molecule has 36 heavy (non-hydrogen) atoms. The van der Waals surface area contributed by atoms with E-state index in [0.29, 0.717) is 25.7 Å². The summed E-state index contributed by atoms with van der Waals surface area (Å²) in [5, 5.41) is 11.4. The van der Waals surface area contributed by atoms with Crippen molar-refractivity contribution in [2.24, 2.45) is 40.4 Å². The summed E-state index contributed by atoms with van der Waals surface area (Å²) in [6, 6.07) is 0. The second kappa shape index (κ2) is 9.47. The van der Waals surface area contributed by atoms with Gasteiger partial charge in [-0.3, -0.25) is 4.79 Å². The number of rotatable bonds is 7. The molecule has 0 heterocycles. The van der Waals surface area contributed by atoms with Gasteiger partial charge in [0.05, 0.1) is 6.10 Å². The highest BCUT2D eigenvalue weighted by atomic mass is 31.2. The summed E-state index contributed by atoms with van der Waals surface area (Å²) < 4.78 is 79.1. The van der Waals surface area contributed by atoms with E-state index in [4.69, 9.17) is 9.79 Å². The number of phosphoric acid groups is 1. The highest BCUT2D eigenvalue weighted by Crippen LogP contribution is 2.71. The van der Waals surface area contributed by atoms with Gasteiger partial charge < -0.3 is 19.6 Å². The van der Waals surface area contributed by atoms with Gasteiger partial charge in [0.15, 0.2) is 0 Å². The first kappa shape index (κ1) is 28.3. The van der Waals surface area contributed by atoms with Gasteiger partial charge in [-0.05, 0) is 73.0 Å². The van der Waals surface area contributed by atoms with Gasteiger partial charge >= 0.3 is 13.8 Å². The Balaban J connectivity index is 1.44. The maximum absolute atomic E-state index is 15.7. The molecule has 0 aliphatic heterocycles. The number of alkyl halides is 4. The molecule has 3 N–H and O–H groups in total. The van der Waals surface area contributed by atoms with E-state index in [1.54, 1.807) is 0 Å². The predicted molar refractivity (Wildman–Crippen MR) is 120 cm³/mol. The second-order valence-electron chi connectivity index (χ2n) is 12.0. The number of phosphoric ester groups is 1. The Bertz CT molecular complexity index is 898. The molecule has 4 rings (SSSR count). The Morgan fingerprint density at radius 2 is 1.75 bits per heavy atom. The van der Waals surface area contributed by atoms with E-state index in [0.717, 1.165) is 0 Å². The zero-order chi connectivity index (χ0) is 26.7. The minimum atomic E-state index is -4.74. The number of hydrogen-bond acceptors (Lipinski definition) is 5. The molecule has 8 atom stereocenters. The number of fused-ring (bicyclic) bond motifs is 5. The average molecular weight is 545 g/mol. The number of hydrogen-bond donors (Lipinski definition) is 3. The molecule has 8 unspecified atom stereocenters. The van der Waals surface area contributed by atoms with Crippen LogP contribution in [0.2, 0.25) is 0 Å². The van der Waals surface area contributed by atoms with Crippen molar-refractivity contribution in [3.8, 4) is 0 Å². The average Bonchev–Trinajstić information content (AvgIpc) is 3.06. The molecular weight excluding hydrogens is 507 g/mol. The van der Waals surface area contributed by atoms with Crippen LogP contribution < -0.4 is 0 Å². The molecule has 0 saturated heterocycles. The van der Waals surface area contributed by atoms with E-state index < -0.39 is 85.9 Å². The van der Waals surface area contributed by atoms with Crippen LogP contribution in [0.5, 0.6) is 0 Å². The van der Waals surface area contributed by atoms with Crippen molar-refractivity contribution in [2.45, 2.75) is 96.0 Å². The molecule has 12 heteroatoms. The third kappa shape index (κ3) is 5.12. The molecule has 0 amide bonds. The maximum Gasteiger partial charge on any atom is 0.472 e. The van der Waals surface area contributed by atoms with Gasteiger partial charge in [-0.25, -0.2) is 26.7 Å². The fourth-order valence-corrected chi connectivity index (χ4v) is 8.56. The lowest BCUT2D eigenvalue weighted by Crippen LogP contribution is -2.64. The van der Waals surface area contributed by atoms with Gasteiger partial charge in [0.1, 0.15) is 0 Å². The number of aliphatic hydroxyl groups is 1. The van der Waals surface area contributed by atoms with Crippen LogP contribution in [-0.4, -0.2) is 45.6 Å². The van der Waals surface area contributed by atoms with Crippen LogP contribution in [0.25, 0.3) is 0 Å². The maximum atomic E-state index is 15.7. The van der Waals surface area contributed by atoms with Crippen molar-refractivity contribution < 1.29 is 51.1 Å². The lowest BCUT2D eigenvalue weighted by atomic mass is 9.43. The van der Waals surface area contributed by atoms with Crippen molar-refractivity contribution >= 4 is 13.8 Å². The Hall–Kier alpha value is -0.740. The number of carbonyl (C=O) groups is 1. The molecule has 0 radical (unpaired) electrons. The Morgan fingerprint density at radius 3 is 2.42 bits per heavy atom. The fraction of sp³-hybridized carbons (Fsp3) is 0.958. The smallest absolute Gasteiger partial charge is 0.438 e. The van der Waals surface area contributed by atoms with Crippen molar-refractivity contribution in [3.05, 3.63) is 0 Å². The molecule has 0 aromatic rings. The Labute approximate surface area is 208 Å². The summed E-state index contributed by atoms with van der Waals surface area (Å²) >= 11 is 0. The van der Waals surface area contributed by atoms with Crippen molar-refractivity contribution in [1.82, 2.24) is 0 Å². The van der Waals surface area contributed by atoms with E-state index in [-0.39, 0.29) is 31.6 Å². The molecule has 4 saturated carbocycles. The molecular formula is C24H37F4O7P. The van der Waals surface area contributed by atoms with Gasteiger partial charge in [0.2, 0.25) is 12.7 Å².